The molecule has 2 heteroatoms. The summed E-state index contributed by atoms with van der Waals surface area (Å²) in [4.78, 5) is 11.9. The van der Waals surface area contributed by atoms with E-state index in [1.54, 1.807) is 0 Å². The smallest absolute Gasteiger partial charge is 0.333 e. The number of fused-ring (bicyclic) bond motifs is 1. The molecule has 0 saturated heterocycles. The minimum atomic E-state index is -0.0651. The Labute approximate surface area is 98.1 Å². The van der Waals surface area contributed by atoms with Gasteiger partial charge < -0.3 is 4.74 Å². The Kier molecular flexibility index (Phi) is 3.09. The van der Waals surface area contributed by atoms with Gasteiger partial charge in [-0.2, -0.15) is 0 Å². The van der Waals surface area contributed by atoms with Gasteiger partial charge in [0.15, 0.2) is 0 Å². The van der Waals surface area contributed by atoms with E-state index in [1.165, 1.54) is 6.42 Å². The predicted molar refractivity (Wildman–Crippen MR) is 63.9 cm³/mol. The molecule has 2 unspecified atom stereocenters. The molecule has 2 bridgehead atoms. The number of ether oxygens (including phenoxy) is 1. The molecule has 90 valence electrons. The Morgan fingerprint density at radius 2 is 2.31 bits per heavy atom. The van der Waals surface area contributed by atoms with Gasteiger partial charge in [-0.25, -0.2) is 4.79 Å². The van der Waals surface area contributed by atoms with Crippen LogP contribution in [0.2, 0.25) is 0 Å². The van der Waals surface area contributed by atoms with E-state index >= 15 is 0 Å². The zero-order chi connectivity index (χ0) is 11.8. The van der Waals surface area contributed by atoms with Gasteiger partial charge in [0, 0.05) is 5.57 Å². The minimum Gasteiger partial charge on any atom is -0.462 e. The topological polar surface area (TPSA) is 26.3 Å². The lowest BCUT2D eigenvalue weighted by Gasteiger charge is -2.55. The van der Waals surface area contributed by atoms with E-state index in [4.69, 9.17) is 4.74 Å². The summed E-state index contributed by atoms with van der Waals surface area (Å²) in [6.07, 6.45) is 6.39. The molecular formula is C14H22O2. The summed E-state index contributed by atoms with van der Waals surface area (Å²) in [5, 5.41) is 0. The van der Waals surface area contributed by atoms with Crippen molar-refractivity contribution in [3.63, 3.8) is 0 Å². The van der Waals surface area contributed by atoms with E-state index in [-0.39, 0.29) is 5.97 Å². The second kappa shape index (κ2) is 4.23. The van der Waals surface area contributed by atoms with Crippen LogP contribution in [0.4, 0.5) is 0 Å². The first kappa shape index (κ1) is 11.7. The van der Waals surface area contributed by atoms with E-state index in [0.717, 1.165) is 30.8 Å². The number of hydrogen-bond acceptors (Lipinski definition) is 2. The molecule has 3 aliphatic rings. The lowest BCUT2D eigenvalue weighted by Crippen LogP contribution is -2.49. The predicted octanol–water partition coefficient (Wildman–Crippen LogP) is 3.32. The van der Waals surface area contributed by atoms with Crippen LogP contribution < -0.4 is 0 Å². The summed E-state index contributed by atoms with van der Waals surface area (Å²) in [5.41, 5.74) is 1.26. The third-order valence-corrected chi connectivity index (χ3v) is 4.43. The summed E-state index contributed by atoms with van der Waals surface area (Å²) in [7, 11) is 0. The number of carbonyl (C=O) groups is 1. The molecule has 3 rings (SSSR count). The Bertz CT molecular complexity index is 315. The fourth-order valence-corrected chi connectivity index (χ4v) is 2.97. The maximum atomic E-state index is 11.9. The third kappa shape index (κ3) is 1.79. The average Bonchev–Trinajstić information content (AvgIpc) is 2.29. The number of unbranched alkanes of at least 4 members (excludes halogenated alkanes) is 1. The van der Waals surface area contributed by atoms with Gasteiger partial charge in [0.25, 0.3) is 0 Å². The van der Waals surface area contributed by atoms with Crippen molar-refractivity contribution in [2.75, 3.05) is 6.61 Å². The summed E-state index contributed by atoms with van der Waals surface area (Å²) < 4.78 is 5.30. The Balaban J connectivity index is 1.95. The second-order valence-corrected chi connectivity index (χ2v) is 5.69. The lowest BCUT2D eigenvalue weighted by molar-refractivity contribution is -0.143. The van der Waals surface area contributed by atoms with Crippen LogP contribution in [0.3, 0.4) is 0 Å². The zero-order valence-electron chi connectivity index (χ0n) is 10.6. The highest BCUT2D eigenvalue weighted by molar-refractivity contribution is 5.89. The molecule has 0 aromatic carbocycles. The Hall–Kier alpha value is -0.790. The number of carbonyl (C=O) groups excluding carboxylic acids is 1. The van der Waals surface area contributed by atoms with E-state index in [1.807, 2.05) is 0 Å². The van der Waals surface area contributed by atoms with Crippen molar-refractivity contribution in [1.29, 1.82) is 0 Å². The molecular weight excluding hydrogens is 200 g/mol. The second-order valence-electron chi connectivity index (χ2n) is 5.69. The number of esters is 1. The van der Waals surface area contributed by atoms with Crippen LogP contribution in [0.15, 0.2) is 11.6 Å². The van der Waals surface area contributed by atoms with Gasteiger partial charge in [-0.3, -0.25) is 0 Å². The van der Waals surface area contributed by atoms with Crippen LogP contribution in [-0.2, 0) is 9.53 Å². The molecule has 0 N–H and O–H groups in total. The van der Waals surface area contributed by atoms with Gasteiger partial charge in [-0.1, -0.05) is 33.3 Å². The molecule has 0 aromatic rings. The van der Waals surface area contributed by atoms with Crippen LogP contribution in [0.5, 0.6) is 0 Å². The number of allylic oxidation sites excluding steroid dienone is 1. The fraction of sp³-hybridized carbons (Fsp3) is 0.786. The Morgan fingerprint density at radius 3 is 2.88 bits per heavy atom. The van der Waals surface area contributed by atoms with Gasteiger partial charge >= 0.3 is 5.97 Å². The van der Waals surface area contributed by atoms with Crippen molar-refractivity contribution in [3.8, 4) is 0 Å². The maximum absolute atomic E-state index is 11.9. The molecule has 3 aliphatic carbocycles. The Morgan fingerprint density at radius 1 is 1.56 bits per heavy atom. The number of hydrogen-bond donors (Lipinski definition) is 0. The summed E-state index contributed by atoms with van der Waals surface area (Å²) in [6, 6.07) is 0. The molecule has 0 radical (unpaired) electrons. The standard InChI is InChI=1S/C14H22O2/c1-4-5-8-16-13(15)11-7-6-10-9-12(11)14(10,2)3/h7,10,12H,4-6,8-9H2,1-3H3. The van der Waals surface area contributed by atoms with Crippen molar-refractivity contribution < 1.29 is 9.53 Å². The van der Waals surface area contributed by atoms with Crippen molar-refractivity contribution >= 4 is 5.97 Å². The molecule has 0 spiro atoms. The van der Waals surface area contributed by atoms with Crippen LogP contribution in [0.25, 0.3) is 0 Å². The quantitative estimate of drug-likeness (QED) is 0.539. The summed E-state index contributed by atoms with van der Waals surface area (Å²) in [6.45, 7) is 7.23. The zero-order valence-corrected chi connectivity index (χ0v) is 10.6. The van der Waals surface area contributed by atoms with E-state index in [2.05, 4.69) is 26.8 Å². The molecule has 0 amide bonds. The van der Waals surface area contributed by atoms with Crippen LogP contribution >= 0.6 is 0 Å². The summed E-state index contributed by atoms with van der Waals surface area (Å²) in [5.74, 6) is 1.16. The van der Waals surface area contributed by atoms with Gasteiger partial charge in [0.1, 0.15) is 0 Å². The van der Waals surface area contributed by atoms with Crippen molar-refractivity contribution in [1.82, 2.24) is 0 Å². The van der Waals surface area contributed by atoms with Crippen LogP contribution in [0, 0.1) is 17.3 Å². The highest BCUT2D eigenvalue weighted by Crippen LogP contribution is 2.59. The molecule has 2 atom stereocenters. The van der Waals surface area contributed by atoms with Gasteiger partial charge in [-0.15, -0.1) is 0 Å². The SMILES string of the molecule is CCCCOC(=O)C1=CCC2CC1C2(C)C. The van der Waals surface area contributed by atoms with E-state index in [0.29, 0.717) is 17.9 Å². The average molecular weight is 222 g/mol. The van der Waals surface area contributed by atoms with Gasteiger partial charge in [-0.05, 0) is 36.5 Å². The molecule has 0 aromatic heterocycles. The first-order chi connectivity index (χ1) is 7.57. The van der Waals surface area contributed by atoms with Gasteiger partial charge in [0.2, 0.25) is 0 Å². The van der Waals surface area contributed by atoms with Crippen LogP contribution in [0.1, 0.15) is 46.5 Å². The molecule has 1 fully saturated rings. The van der Waals surface area contributed by atoms with Crippen molar-refractivity contribution in [3.05, 3.63) is 11.6 Å². The van der Waals surface area contributed by atoms with Gasteiger partial charge in [0.05, 0.1) is 6.61 Å². The minimum absolute atomic E-state index is 0.0651. The first-order valence-corrected chi connectivity index (χ1v) is 6.44. The first-order valence-electron chi connectivity index (χ1n) is 6.44. The third-order valence-electron chi connectivity index (χ3n) is 4.43. The molecule has 2 nitrogen and oxygen atoms in total. The van der Waals surface area contributed by atoms with Crippen LogP contribution in [-0.4, -0.2) is 12.6 Å². The van der Waals surface area contributed by atoms with Crippen molar-refractivity contribution in [2.24, 2.45) is 17.3 Å². The van der Waals surface area contributed by atoms with Crippen molar-refractivity contribution in [2.45, 2.75) is 46.5 Å². The molecule has 0 heterocycles. The lowest BCUT2D eigenvalue weighted by atomic mass is 9.49. The highest BCUT2D eigenvalue weighted by atomic mass is 16.5. The molecule has 0 aliphatic heterocycles. The highest BCUT2D eigenvalue weighted by Gasteiger charge is 2.52. The maximum Gasteiger partial charge on any atom is 0.333 e. The largest absolute Gasteiger partial charge is 0.462 e. The normalized spacial score (nSPS) is 30.3. The molecule has 1 saturated carbocycles. The fourth-order valence-electron chi connectivity index (χ4n) is 2.97. The number of rotatable bonds is 4. The molecule has 16 heavy (non-hydrogen) atoms. The van der Waals surface area contributed by atoms with E-state index < -0.39 is 0 Å². The monoisotopic (exact) mass is 222 g/mol. The van der Waals surface area contributed by atoms with E-state index in [9.17, 15) is 4.79 Å². The summed E-state index contributed by atoms with van der Waals surface area (Å²) >= 11 is 0.